The SMILES string of the molecule is O=[Se]1(=O)O[Se](=O)(=O)O[Se](=O)(=O)O[Se](=O)(=O)O1. The second-order valence-corrected chi connectivity index (χ2v) is 15.8. The molecule has 96 valence electrons. The first-order chi connectivity index (χ1) is 6.83. The van der Waals surface area contributed by atoms with Gasteiger partial charge in [0.2, 0.25) is 0 Å². The van der Waals surface area contributed by atoms with Crippen LogP contribution in [0.4, 0.5) is 0 Å². The van der Waals surface area contributed by atoms with Crippen molar-refractivity contribution in [2.75, 3.05) is 0 Å². The van der Waals surface area contributed by atoms with Crippen LogP contribution in [0.2, 0.25) is 0 Å². The van der Waals surface area contributed by atoms with Gasteiger partial charge in [-0.25, -0.2) is 0 Å². The maximum atomic E-state index is 10.6. The summed E-state index contributed by atoms with van der Waals surface area (Å²) < 4.78 is 97.7. The predicted molar refractivity (Wildman–Crippen MR) is 32.8 cm³/mol. The molecule has 1 aliphatic rings. The average Bonchev–Trinajstić information content (AvgIpc) is 1.67. The van der Waals surface area contributed by atoms with Crippen LogP contribution in [0.15, 0.2) is 0 Å². The van der Waals surface area contributed by atoms with Crippen molar-refractivity contribution in [2.24, 2.45) is 0 Å². The van der Waals surface area contributed by atoms with Gasteiger partial charge in [0.25, 0.3) is 0 Å². The van der Waals surface area contributed by atoms with E-state index in [1.807, 2.05) is 0 Å². The van der Waals surface area contributed by atoms with E-state index in [-0.39, 0.29) is 0 Å². The number of hydrogen-bond acceptors (Lipinski definition) is 12. The molecule has 1 saturated heterocycles. The van der Waals surface area contributed by atoms with E-state index in [1.165, 1.54) is 0 Å². The summed E-state index contributed by atoms with van der Waals surface area (Å²) in [6, 6.07) is 0. The van der Waals surface area contributed by atoms with Crippen LogP contribution >= 0.6 is 0 Å². The van der Waals surface area contributed by atoms with Gasteiger partial charge in [-0.05, 0) is 0 Å². The van der Waals surface area contributed by atoms with E-state index >= 15 is 0 Å². The van der Waals surface area contributed by atoms with Gasteiger partial charge in [0.15, 0.2) is 0 Å². The Balaban J connectivity index is 3.40. The predicted octanol–water partition coefficient (Wildman–Crippen LogP) is -2.75. The standard InChI is InChI=1S/O12Se4/c1-13(2)9-14(3,4)11-16(7,8)12-15(5,6)10-13. The average molecular weight is 508 g/mol. The van der Waals surface area contributed by atoms with Gasteiger partial charge in [-0.1, -0.05) is 0 Å². The molecular weight excluding hydrogens is 508 g/mol. The minimum absolute atomic E-state index is 3.18. The van der Waals surface area contributed by atoms with Crippen molar-refractivity contribution in [1.29, 1.82) is 0 Å². The van der Waals surface area contributed by atoms with Crippen LogP contribution in [-0.2, 0) is 42.3 Å². The van der Waals surface area contributed by atoms with Gasteiger partial charge in [-0.15, -0.1) is 0 Å². The molecule has 0 saturated carbocycles. The zero-order valence-corrected chi connectivity index (χ0v) is 13.4. The van der Waals surface area contributed by atoms with Crippen LogP contribution in [0.3, 0.4) is 0 Å². The molecule has 0 spiro atoms. The minimum atomic E-state index is -6.31. The van der Waals surface area contributed by atoms with Gasteiger partial charge in [0.05, 0.1) is 0 Å². The molecule has 1 fully saturated rings. The molecule has 0 radical (unpaired) electrons. The fraction of sp³-hybridized carbons (Fsp3) is 0. The van der Waals surface area contributed by atoms with E-state index in [2.05, 4.69) is 11.6 Å². The molecule has 0 aromatic carbocycles. The van der Waals surface area contributed by atoms with Gasteiger partial charge in [0, 0.05) is 0 Å². The van der Waals surface area contributed by atoms with Crippen molar-refractivity contribution in [3.63, 3.8) is 0 Å². The van der Waals surface area contributed by atoms with Crippen LogP contribution < -0.4 is 0 Å². The third kappa shape index (κ3) is 4.29. The molecule has 1 rings (SSSR count). The van der Waals surface area contributed by atoms with Gasteiger partial charge in [-0.2, -0.15) is 0 Å². The summed E-state index contributed by atoms with van der Waals surface area (Å²) in [6.45, 7) is 0. The quantitative estimate of drug-likeness (QED) is 0.310. The van der Waals surface area contributed by atoms with E-state index < -0.39 is 53.5 Å². The number of rotatable bonds is 0. The fourth-order valence-corrected chi connectivity index (χ4v) is 17.4. The molecule has 1 heterocycles. The molecular formula is O12Se4. The molecule has 0 unspecified atom stereocenters. The third-order valence-electron chi connectivity index (χ3n) is 0.667. The van der Waals surface area contributed by atoms with E-state index in [1.54, 1.807) is 0 Å². The Morgan fingerprint density at radius 3 is 0.625 bits per heavy atom. The Bertz CT molecular complexity index is 517. The molecule has 0 N–H and O–H groups in total. The summed E-state index contributed by atoms with van der Waals surface area (Å²) in [5, 5.41) is 0. The Kier molecular flexibility index (Phi) is 3.52. The Hall–Kier alpha value is 0.318. The molecule has 0 amide bonds. The van der Waals surface area contributed by atoms with Gasteiger partial charge in [0.1, 0.15) is 0 Å². The Morgan fingerprint density at radius 1 is 0.375 bits per heavy atom. The molecule has 1 aliphatic heterocycles. The summed E-state index contributed by atoms with van der Waals surface area (Å²) in [5.41, 5.74) is 0. The summed E-state index contributed by atoms with van der Waals surface area (Å²) in [4.78, 5) is 0. The topological polar surface area (TPSA) is 173 Å². The van der Waals surface area contributed by atoms with Gasteiger partial charge >= 0.3 is 95.8 Å². The fourth-order valence-electron chi connectivity index (χ4n) is 0.454. The van der Waals surface area contributed by atoms with E-state index in [9.17, 15) is 30.7 Å². The second-order valence-electron chi connectivity index (χ2n) is 1.91. The molecule has 0 atom stereocenters. The van der Waals surface area contributed by atoms with Crippen LogP contribution in [0.5, 0.6) is 0 Å². The summed E-state index contributed by atoms with van der Waals surface area (Å²) in [7, 11) is 0. The van der Waals surface area contributed by atoms with E-state index in [4.69, 9.17) is 0 Å². The molecule has 0 aliphatic carbocycles. The van der Waals surface area contributed by atoms with Crippen LogP contribution in [0.25, 0.3) is 0 Å². The Labute approximate surface area is 95.3 Å². The van der Waals surface area contributed by atoms with Crippen molar-refractivity contribution in [1.82, 2.24) is 0 Å². The molecule has 16 heteroatoms. The van der Waals surface area contributed by atoms with Gasteiger partial charge in [-0.3, -0.25) is 0 Å². The molecule has 0 aromatic heterocycles. The molecule has 12 nitrogen and oxygen atoms in total. The molecule has 0 bridgehead atoms. The van der Waals surface area contributed by atoms with Crippen molar-refractivity contribution in [3.8, 4) is 0 Å². The summed E-state index contributed by atoms with van der Waals surface area (Å²) in [5.74, 6) is 0. The van der Waals surface area contributed by atoms with Crippen molar-refractivity contribution in [3.05, 3.63) is 0 Å². The van der Waals surface area contributed by atoms with Crippen LogP contribution in [0, 0.1) is 0 Å². The van der Waals surface area contributed by atoms with Crippen LogP contribution in [-0.4, -0.2) is 53.5 Å². The maximum absolute atomic E-state index is 10.6. The monoisotopic (exact) mass is 512 g/mol. The van der Waals surface area contributed by atoms with Crippen molar-refractivity contribution >= 4 is 53.5 Å². The third-order valence-corrected chi connectivity index (χ3v) is 18.0. The normalized spacial score (nSPS) is 31.0. The zero-order valence-electron chi connectivity index (χ0n) is 6.53. The van der Waals surface area contributed by atoms with Crippen molar-refractivity contribution < 1.29 is 42.3 Å². The van der Waals surface area contributed by atoms with Gasteiger partial charge < -0.3 is 0 Å². The van der Waals surface area contributed by atoms with Crippen LogP contribution in [0.1, 0.15) is 0 Å². The first-order valence-corrected chi connectivity index (χ1v) is 13.9. The van der Waals surface area contributed by atoms with Crippen molar-refractivity contribution in [2.45, 2.75) is 0 Å². The molecule has 0 aromatic rings. The second kappa shape index (κ2) is 3.92. The summed E-state index contributed by atoms with van der Waals surface area (Å²) in [6.07, 6.45) is 0. The first-order valence-electron chi connectivity index (χ1n) is 2.67. The van der Waals surface area contributed by atoms with E-state index in [0.717, 1.165) is 0 Å². The summed E-state index contributed by atoms with van der Waals surface area (Å²) >= 11 is -25.2. The van der Waals surface area contributed by atoms with E-state index in [0.29, 0.717) is 0 Å². The Morgan fingerprint density at radius 2 is 0.500 bits per heavy atom. The first kappa shape index (κ1) is 14.4. The number of hydrogen-bond donors (Lipinski definition) is 0. The molecule has 16 heavy (non-hydrogen) atoms. The zero-order chi connectivity index (χ0) is 12.8.